The van der Waals surface area contributed by atoms with Gasteiger partial charge in [-0.3, -0.25) is 14.6 Å². The van der Waals surface area contributed by atoms with E-state index in [1.807, 2.05) is 17.0 Å². The summed E-state index contributed by atoms with van der Waals surface area (Å²) < 4.78 is 5.83. The summed E-state index contributed by atoms with van der Waals surface area (Å²) in [5, 5.41) is 0. The maximum atomic E-state index is 13.1. The van der Waals surface area contributed by atoms with Crippen LogP contribution in [0.4, 0.5) is 0 Å². The van der Waals surface area contributed by atoms with Crippen LogP contribution in [0.2, 0.25) is 0 Å². The topological polar surface area (TPSA) is 36.0 Å². The first-order valence-corrected chi connectivity index (χ1v) is 11.6. The molecule has 0 saturated carbocycles. The summed E-state index contributed by atoms with van der Waals surface area (Å²) in [6.45, 7) is 11.6. The molecule has 5 nitrogen and oxygen atoms in total. The highest BCUT2D eigenvalue weighted by Gasteiger charge is 2.23. The van der Waals surface area contributed by atoms with Gasteiger partial charge in [-0.1, -0.05) is 42.5 Å². The Bertz CT molecular complexity index is 829. The zero-order valence-electron chi connectivity index (χ0n) is 18.9. The number of benzene rings is 2. The van der Waals surface area contributed by atoms with Gasteiger partial charge in [-0.15, -0.1) is 0 Å². The number of rotatable bonds is 5. The summed E-state index contributed by atoms with van der Waals surface area (Å²) >= 11 is 0. The van der Waals surface area contributed by atoms with Crippen LogP contribution in [0.5, 0.6) is 0 Å². The molecule has 2 fully saturated rings. The van der Waals surface area contributed by atoms with E-state index in [9.17, 15) is 4.79 Å². The summed E-state index contributed by atoms with van der Waals surface area (Å²) in [6.07, 6.45) is 1.56. The Morgan fingerprint density at radius 3 is 2.16 bits per heavy atom. The van der Waals surface area contributed by atoms with Gasteiger partial charge in [-0.2, -0.15) is 0 Å². The smallest absolute Gasteiger partial charge is 0.253 e. The normalized spacial score (nSPS) is 23.5. The molecule has 1 amide bonds. The largest absolute Gasteiger partial charge is 0.373 e. The third-order valence-corrected chi connectivity index (χ3v) is 6.23. The van der Waals surface area contributed by atoms with Crippen molar-refractivity contribution >= 4 is 5.91 Å². The Morgan fingerprint density at radius 2 is 1.45 bits per heavy atom. The van der Waals surface area contributed by atoms with Gasteiger partial charge in [0, 0.05) is 57.9 Å². The fourth-order valence-corrected chi connectivity index (χ4v) is 4.78. The molecular weight excluding hydrogens is 386 g/mol. The predicted octanol–water partition coefficient (Wildman–Crippen LogP) is 3.64. The lowest BCUT2D eigenvalue weighted by atomic mass is 10.1. The van der Waals surface area contributed by atoms with Crippen LogP contribution in [-0.2, 0) is 17.8 Å². The van der Waals surface area contributed by atoms with Gasteiger partial charge in [0.2, 0.25) is 0 Å². The molecule has 0 bridgehead atoms. The average Bonchev–Trinajstić information content (AvgIpc) is 2.99. The van der Waals surface area contributed by atoms with E-state index in [1.165, 1.54) is 11.1 Å². The SMILES string of the molecule is CC1CN(Cc2ccc(C(=O)N3CCCN(Cc4ccccc4)CC3)cc2)CC(C)O1. The lowest BCUT2D eigenvalue weighted by molar-refractivity contribution is -0.0704. The minimum Gasteiger partial charge on any atom is -0.373 e. The molecule has 2 atom stereocenters. The lowest BCUT2D eigenvalue weighted by Gasteiger charge is -2.35. The monoisotopic (exact) mass is 421 g/mol. The Hall–Kier alpha value is -2.21. The molecule has 2 unspecified atom stereocenters. The second-order valence-electron chi connectivity index (χ2n) is 9.06. The van der Waals surface area contributed by atoms with Crippen molar-refractivity contribution in [2.45, 2.75) is 45.6 Å². The Balaban J connectivity index is 1.30. The van der Waals surface area contributed by atoms with Crippen LogP contribution in [-0.4, -0.2) is 72.1 Å². The predicted molar refractivity (Wildman–Crippen MR) is 124 cm³/mol. The highest BCUT2D eigenvalue weighted by atomic mass is 16.5. The standard InChI is InChI=1S/C26H35N3O2/c1-21-17-28(18-22(2)31-21)20-24-9-11-25(12-10-24)26(30)29-14-6-13-27(15-16-29)19-23-7-4-3-5-8-23/h3-5,7-12,21-22H,6,13-20H2,1-2H3. The summed E-state index contributed by atoms with van der Waals surface area (Å²) in [6, 6.07) is 18.8. The molecule has 0 spiro atoms. The van der Waals surface area contributed by atoms with Crippen molar-refractivity contribution < 1.29 is 9.53 Å². The fourth-order valence-electron chi connectivity index (χ4n) is 4.78. The van der Waals surface area contributed by atoms with Crippen LogP contribution < -0.4 is 0 Å². The molecule has 2 aliphatic heterocycles. The van der Waals surface area contributed by atoms with Gasteiger partial charge < -0.3 is 9.64 Å². The van der Waals surface area contributed by atoms with Crippen molar-refractivity contribution in [3.8, 4) is 0 Å². The Labute approximate surface area is 186 Å². The summed E-state index contributed by atoms with van der Waals surface area (Å²) in [7, 11) is 0. The van der Waals surface area contributed by atoms with Gasteiger partial charge in [0.25, 0.3) is 5.91 Å². The molecule has 2 aromatic carbocycles. The molecule has 5 heteroatoms. The molecule has 0 aliphatic carbocycles. The highest BCUT2D eigenvalue weighted by molar-refractivity contribution is 5.94. The molecule has 0 N–H and O–H groups in total. The Kier molecular flexibility index (Phi) is 7.38. The highest BCUT2D eigenvalue weighted by Crippen LogP contribution is 2.16. The zero-order chi connectivity index (χ0) is 21.6. The second kappa shape index (κ2) is 10.4. The van der Waals surface area contributed by atoms with Crippen LogP contribution >= 0.6 is 0 Å². The average molecular weight is 422 g/mol. The molecular formula is C26H35N3O2. The van der Waals surface area contributed by atoms with E-state index in [0.717, 1.165) is 64.3 Å². The van der Waals surface area contributed by atoms with Crippen LogP contribution in [0.15, 0.2) is 54.6 Å². The summed E-state index contributed by atoms with van der Waals surface area (Å²) in [5.41, 5.74) is 3.38. The van der Waals surface area contributed by atoms with Crippen molar-refractivity contribution in [3.63, 3.8) is 0 Å². The number of hydrogen-bond acceptors (Lipinski definition) is 4. The molecule has 2 saturated heterocycles. The first-order valence-electron chi connectivity index (χ1n) is 11.6. The second-order valence-corrected chi connectivity index (χ2v) is 9.06. The quantitative estimate of drug-likeness (QED) is 0.739. The molecule has 31 heavy (non-hydrogen) atoms. The van der Waals surface area contributed by atoms with E-state index in [-0.39, 0.29) is 18.1 Å². The first kappa shape index (κ1) is 22.0. The lowest BCUT2D eigenvalue weighted by Crippen LogP contribution is -2.44. The number of ether oxygens (including phenoxy) is 1. The van der Waals surface area contributed by atoms with Crippen LogP contribution in [0.3, 0.4) is 0 Å². The summed E-state index contributed by atoms with van der Waals surface area (Å²) in [4.78, 5) is 20.0. The third-order valence-electron chi connectivity index (χ3n) is 6.23. The van der Waals surface area contributed by atoms with Gasteiger partial charge in [0.1, 0.15) is 0 Å². The van der Waals surface area contributed by atoms with E-state index in [1.54, 1.807) is 0 Å². The van der Waals surface area contributed by atoms with E-state index >= 15 is 0 Å². The molecule has 2 aromatic rings. The maximum absolute atomic E-state index is 13.1. The minimum atomic E-state index is 0.154. The molecule has 166 valence electrons. The fraction of sp³-hybridized carbons (Fsp3) is 0.500. The summed E-state index contributed by atoms with van der Waals surface area (Å²) in [5.74, 6) is 0.154. The number of amides is 1. The first-order chi connectivity index (χ1) is 15.1. The van der Waals surface area contributed by atoms with E-state index in [2.05, 4.69) is 66.1 Å². The Morgan fingerprint density at radius 1 is 0.806 bits per heavy atom. The third kappa shape index (κ3) is 6.16. The van der Waals surface area contributed by atoms with Crippen LogP contribution in [0.25, 0.3) is 0 Å². The van der Waals surface area contributed by atoms with Gasteiger partial charge in [0.15, 0.2) is 0 Å². The maximum Gasteiger partial charge on any atom is 0.253 e. The van der Waals surface area contributed by atoms with Gasteiger partial charge >= 0.3 is 0 Å². The molecule has 0 aromatic heterocycles. The van der Waals surface area contributed by atoms with E-state index in [4.69, 9.17) is 4.74 Å². The van der Waals surface area contributed by atoms with Crippen molar-refractivity contribution in [2.75, 3.05) is 39.3 Å². The van der Waals surface area contributed by atoms with Crippen molar-refractivity contribution in [3.05, 3.63) is 71.3 Å². The number of nitrogens with zero attached hydrogens (tertiary/aromatic N) is 3. The molecule has 2 aliphatic rings. The van der Waals surface area contributed by atoms with Gasteiger partial charge in [0.05, 0.1) is 12.2 Å². The van der Waals surface area contributed by atoms with E-state index in [0.29, 0.717) is 0 Å². The molecule has 2 heterocycles. The number of morpholine rings is 1. The number of hydrogen-bond donors (Lipinski definition) is 0. The van der Waals surface area contributed by atoms with E-state index < -0.39 is 0 Å². The zero-order valence-corrected chi connectivity index (χ0v) is 18.9. The van der Waals surface area contributed by atoms with Gasteiger partial charge in [-0.25, -0.2) is 0 Å². The van der Waals surface area contributed by atoms with Crippen LogP contribution in [0, 0.1) is 0 Å². The molecule has 0 radical (unpaired) electrons. The van der Waals surface area contributed by atoms with Crippen molar-refractivity contribution in [1.29, 1.82) is 0 Å². The molecule has 4 rings (SSSR count). The minimum absolute atomic E-state index is 0.154. The number of carbonyl (C=O) groups is 1. The van der Waals surface area contributed by atoms with Gasteiger partial charge in [-0.05, 0) is 43.5 Å². The number of carbonyl (C=O) groups excluding carboxylic acids is 1. The van der Waals surface area contributed by atoms with Crippen molar-refractivity contribution in [1.82, 2.24) is 14.7 Å². The van der Waals surface area contributed by atoms with Crippen LogP contribution in [0.1, 0.15) is 41.8 Å². The van der Waals surface area contributed by atoms with Crippen molar-refractivity contribution in [2.24, 2.45) is 0 Å².